The van der Waals surface area contributed by atoms with Gasteiger partial charge in [-0.25, -0.2) is 0 Å². The molecular weight excluding hydrogens is 231 g/mol. The third kappa shape index (κ3) is 7.12. The maximum absolute atomic E-state index is 11.5. The van der Waals surface area contributed by atoms with Gasteiger partial charge in [0.25, 0.3) is 0 Å². The molecule has 0 amide bonds. The molecule has 1 N–H and O–H groups in total. The molecule has 0 aromatic rings. The predicted molar refractivity (Wildman–Crippen MR) is 64.5 cm³/mol. The standard InChI is InChI=1S/C10H23O5P/c1-6-13-16(12,14-7-2)8-9(11)15-10(3,4)5/h12,16H,6-8H2,1-5H3. The van der Waals surface area contributed by atoms with Crippen molar-refractivity contribution in [2.24, 2.45) is 0 Å². The molecule has 5 nitrogen and oxygen atoms in total. The van der Waals surface area contributed by atoms with Crippen molar-refractivity contribution in [3.05, 3.63) is 0 Å². The minimum absolute atomic E-state index is 0.202. The SMILES string of the molecule is CCO[PH](O)(CC(=O)OC(C)(C)C)OCC. The second kappa shape index (κ2) is 6.50. The van der Waals surface area contributed by atoms with E-state index in [1.807, 2.05) is 0 Å². The number of hydrogen-bond donors (Lipinski definition) is 1. The average molecular weight is 254 g/mol. The van der Waals surface area contributed by atoms with Crippen LogP contribution in [0.25, 0.3) is 0 Å². The van der Waals surface area contributed by atoms with Crippen molar-refractivity contribution in [2.75, 3.05) is 19.4 Å². The van der Waals surface area contributed by atoms with Gasteiger partial charge in [0.05, 0.1) is 0 Å². The molecule has 0 aliphatic rings. The van der Waals surface area contributed by atoms with Crippen LogP contribution in [0.4, 0.5) is 0 Å². The molecular formula is C10H23O5P. The first-order valence-corrected chi connectivity index (χ1v) is 7.41. The zero-order valence-electron chi connectivity index (χ0n) is 10.7. The van der Waals surface area contributed by atoms with E-state index in [4.69, 9.17) is 13.8 Å². The molecule has 0 spiro atoms. The van der Waals surface area contributed by atoms with Crippen LogP contribution in [0.3, 0.4) is 0 Å². The van der Waals surface area contributed by atoms with Gasteiger partial charge < -0.3 is 0 Å². The molecule has 0 rings (SSSR count). The van der Waals surface area contributed by atoms with Crippen molar-refractivity contribution < 1.29 is 23.5 Å². The van der Waals surface area contributed by atoms with Crippen molar-refractivity contribution in [1.82, 2.24) is 0 Å². The molecule has 0 saturated carbocycles. The summed E-state index contributed by atoms with van der Waals surface area (Å²) in [7, 11) is -3.39. The predicted octanol–water partition coefficient (Wildman–Crippen LogP) is 1.89. The summed E-state index contributed by atoms with van der Waals surface area (Å²) in [6.45, 7) is 9.42. The molecule has 0 saturated heterocycles. The van der Waals surface area contributed by atoms with Crippen molar-refractivity contribution >= 4 is 13.9 Å². The molecule has 16 heavy (non-hydrogen) atoms. The van der Waals surface area contributed by atoms with E-state index in [-0.39, 0.29) is 6.16 Å². The molecule has 6 heteroatoms. The number of rotatable bonds is 6. The molecule has 0 aromatic heterocycles. The monoisotopic (exact) mass is 254 g/mol. The summed E-state index contributed by atoms with van der Waals surface area (Å²) < 4.78 is 15.4. The van der Waals surface area contributed by atoms with Crippen molar-refractivity contribution in [2.45, 2.75) is 40.2 Å². The van der Waals surface area contributed by atoms with Crippen LogP contribution in [-0.2, 0) is 18.6 Å². The van der Waals surface area contributed by atoms with Gasteiger partial charge in [0, 0.05) is 0 Å². The van der Waals surface area contributed by atoms with Crippen LogP contribution in [0.1, 0.15) is 34.6 Å². The Morgan fingerprint density at radius 2 is 1.62 bits per heavy atom. The third-order valence-electron chi connectivity index (χ3n) is 1.53. The zero-order chi connectivity index (χ0) is 12.8. The Labute approximate surface area is 97.7 Å². The number of ether oxygens (including phenoxy) is 1. The molecule has 0 heterocycles. The topological polar surface area (TPSA) is 65.0 Å². The van der Waals surface area contributed by atoms with Crippen LogP contribution in [-0.4, -0.2) is 35.8 Å². The molecule has 0 radical (unpaired) electrons. The van der Waals surface area contributed by atoms with Gasteiger partial charge in [-0.15, -0.1) is 0 Å². The first-order valence-electron chi connectivity index (χ1n) is 5.44. The van der Waals surface area contributed by atoms with Gasteiger partial charge in [0.2, 0.25) is 0 Å². The quantitative estimate of drug-likeness (QED) is 0.579. The Kier molecular flexibility index (Phi) is 6.41. The Morgan fingerprint density at radius 1 is 1.19 bits per heavy atom. The molecule has 0 aromatic carbocycles. The third-order valence-corrected chi connectivity index (χ3v) is 3.74. The summed E-state index contributed by atoms with van der Waals surface area (Å²) in [5, 5.41) is 0. The number of hydrogen-bond acceptors (Lipinski definition) is 5. The molecule has 0 aliphatic heterocycles. The van der Waals surface area contributed by atoms with E-state index in [0.29, 0.717) is 13.2 Å². The zero-order valence-corrected chi connectivity index (χ0v) is 11.7. The maximum atomic E-state index is 11.5. The summed E-state index contributed by atoms with van der Waals surface area (Å²) in [4.78, 5) is 21.5. The summed E-state index contributed by atoms with van der Waals surface area (Å²) in [5.41, 5.74) is -0.565. The fourth-order valence-corrected chi connectivity index (χ4v) is 2.78. The summed E-state index contributed by atoms with van der Waals surface area (Å²) in [5.74, 6) is -0.497. The van der Waals surface area contributed by atoms with Crippen molar-refractivity contribution in [3.8, 4) is 0 Å². The molecule has 0 bridgehead atoms. The molecule has 98 valence electrons. The second-order valence-corrected chi connectivity index (χ2v) is 6.70. The Bertz CT molecular complexity index is 218. The van der Waals surface area contributed by atoms with Gasteiger partial charge in [-0.05, 0) is 0 Å². The number of carbonyl (C=O) groups is 1. The van der Waals surface area contributed by atoms with Gasteiger partial charge in [-0.3, -0.25) is 0 Å². The fraction of sp³-hybridized carbons (Fsp3) is 0.900. The van der Waals surface area contributed by atoms with Crippen LogP contribution in [0.15, 0.2) is 0 Å². The van der Waals surface area contributed by atoms with E-state index in [1.165, 1.54) is 0 Å². The van der Waals surface area contributed by atoms with Crippen LogP contribution >= 0.6 is 7.94 Å². The average Bonchev–Trinajstić information content (AvgIpc) is 1.99. The molecule has 0 aliphatic carbocycles. The molecule has 0 fully saturated rings. The minimum atomic E-state index is -3.39. The van der Waals surface area contributed by atoms with Crippen LogP contribution < -0.4 is 0 Å². The Balaban J connectivity index is 4.34. The van der Waals surface area contributed by atoms with E-state index in [0.717, 1.165) is 0 Å². The summed E-state index contributed by atoms with van der Waals surface area (Å²) in [6, 6.07) is 0. The van der Waals surface area contributed by atoms with E-state index in [2.05, 4.69) is 0 Å². The second-order valence-electron chi connectivity index (χ2n) is 4.34. The first kappa shape index (κ1) is 15.8. The number of esters is 1. The van der Waals surface area contributed by atoms with E-state index in [1.54, 1.807) is 34.6 Å². The normalized spacial score (nSPS) is 13.6. The molecule has 0 atom stereocenters. The van der Waals surface area contributed by atoms with Gasteiger partial charge in [-0.1, -0.05) is 0 Å². The van der Waals surface area contributed by atoms with Gasteiger partial charge in [-0.2, -0.15) is 0 Å². The van der Waals surface area contributed by atoms with Crippen LogP contribution in [0.2, 0.25) is 0 Å². The molecule has 0 unspecified atom stereocenters. The van der Waals surface area contributed by atoms with E-state index in [9.17, 15) is 9.69 Å². The Morgan fingerprint density at radius 3 is 1.94 bits per heavy atom. The Hall–Kier alpha value is -0.220. The van der Waals surface area contributed by atoms with E-state index >= 15 is 0 Å². The van der Waals surface area contributed by atoms with Crippen molar-refractivity contribution in [3.63, 3.8) is 0 Å². The summed E-state index contributed by atoms with van der Waals surface area (Å²) >= 11 is 0. The summed E-state index contributed by atoms with van der Waals surface area (Å²) in [6.07, 6.45) is -0.202. The van der Waals surface area contributed by atoms with Crippen molar-refractivity contribution in [1.29, 1.82) is 0 Å². The van der Waals surface area contributed by atoms with Crippen LogP contribution in [0, 0.1) is 0 Å². The van der Waals surface area contributed by atoms with Gasteiger partial charge >= 0.3 is 97.0 Å². The van der Waals surface area contributed by atoms with Gasteiger partial charge in [0.1, 0.15) is 0 Å². The number of carbonyl (C=O) groups excluding carboxylic acids is 1. The first-order chi connectivity index (χ1) is 7.22. The van der Waals surface area contributed by atoms with Gasteiger partial charge in [0.15, 0.2) is 0 Å². The van der Waals surface area contributed by atoms with Crippen LogP contribution in [0.5, 0.6) is 0 Å². The van der Waals surface area contributed by atoms with E-state index < -0.39 is 19.5 Å². The fourth-order valence-electron chi connectivity index (χ4n) is 1.15.